The number of aliphatic hydroxyl groups is 2. The van der Waals surface area contributed by atoms with Gasteiger partial charge >= 0.3 is 6.18 Å². The second kappa shape index (κ2) is 23.3. The number of aryl methyl sites for hydroxylation is 1. The molecule has 3 aromatic carbocycles. The number of hydrogen-bond donors (Lipinski definition) is 4. The van der Waals surface area contributed by atoms with Gasteiger partial charge in [-0.2, -0.15) is 18.4 Å². The molecule has 5 aromatic rings. The molecule has 7 rings (SSSR count). The van der Waals surface area contributed by atoms with Crippen molar-refractivity contribution in [3.8, 4) is 39.3 Å². The fourth-order valence-electron chi connectivity index (χ4n) is 9.10. The number of thiocarbonyl (C=S) groups is 1. The Kier molecular flexibility index (Phi) is 17.5. The summed E-state index contributed by atoms with van der Waals surface area (Å²) >= 11 is 7.11. The van der Waals surface area contributed by atoms with E-state index in [4.69, 9.17) is 26.4 Å². The fourth-order valence-corrected chi connectivity index (χ4v) is 10.4. The van der Waals surface area contributed by atoms with Crippen molar-refractivity contribution < 1.29 is 60.8 Å². The number of nitriles is 1. The second-order valence-corrected chi connectivity index (χ2v) is 21.1. The summed E-state index contributed by atoms with van der Waals surface area (Å²) in [7, 11) is 1.15. The molecule has 0 aliphatic carbocycles. The molecule has 2 aliphatic heterocycles. The van der Waals surface area contributed by atoms with E-state index in [1.54, 1.807) is 22.9 Å². The fraction of sp³-hybridized carbons (Fsp3) is 0.415. The zero-order valence-corrected chi connectivity index (χ0v) is 44.3. The van der Waals surface area contributed by atoms with Crippen LogP contribution in [0.3, 0.4) is 0 Å². The number of benzene rings is 3. The number of alkyl halides is 3. The van der Waals surface area contributed by atoms with Gasteiger partial charge < -0.3 is 40.0 Å². The minimum Gasteiger partial charge on any atom is -0.494 e. The summed E-state index contributed by atoms with van der Waals surface area (Å²) in [5.74, 6) is -4.46. The zero-order valence-electron chi connectivity index (χ0n) is 42.6. The summed E-state index contributed by atoms with van der Waals surface area (Å²) in [6.07, 6.45) is -5.43. The number of anilines is 2. The normalized spacial score (nSPS) is 17.6. The van der Waals surface area contributed by atoms with Gasteiger partial charge in [-0.3, -0.25) is 29.2 Å². The number of carbonyl (C=O) groups excluding carboxylic acids is 3. The number of hydrogen-bond acceptors (Lipinski definition) is 14. The molecule has 404 valence electrons. The molecular formula is C53H57F5N8O8S2. The lowest BCUT2D eigenvalue weighted by Gasteiger charge is -2.40. The third-order valence-corrected chi connectivity index (χ3v) is 14.4. The molecule has 4 N–H and O–H groups in total. The molecule has 16 nitrogen and oxygen atoms in total. The van der Waals surface area contributed by atoms with Crippen LogP contribution in [0.4, 0.5) is 33.3 Å². The average Bonchev–Trinajstić information content (AvgIpc) is 4.08. The van der Waals surface area contributed by atoms with Crippen LogP contribution in [0.2, 0.25) is 0 Å². The zero-order chi connectivity index (χ0) is 55.4. The lowest BCUT2D eigenvalue weighted by atomic mass is 9.85. The van der Waals surface area contributed by atoms with E-state index in [1.807, 2.05) is 52.0 Å². The van der Waals surface area contributed by atoms with Crippen LogP contribution in [0.25, 0.3) is 21.7 Å². The number of β-amino-alcohol motifs (C(OH)–C–C–N with tert-alkyl or cyclic N) is 1. The summed E-state index contributed by atoms with van der Waals surface area (Å²) in [5.41, 5.74) is -0.728. The van der Waals surface area contributed by atoms with E-state index in [2.05, 4.69) is 20.6 Å². The standard InChI is InChI=1S/C53H57F5N8O8S2/c1-29-45(76-28-62-29)31-12-10-30(11-13-31)24-61-47(69)40-21-34(67)26-64(40)48(70)46(51(2,3)4)63-41(68)27-73-18-8-9-19-74-35-15-16-36(37(22-35)53(56,57)58)43-38(54)20-33(25-60-43)66-50(75)65(49(71)52(66,5)6)39-17-14-32(23-59)44(72-7)42(39)55/h10-17,20,22,25,28,34,40,46,48,67,70H,8-9,18-19,21,24,26-27H2,1-7H3,(H,61,69)(H,63,68)/t34-,40+,46-,48?/m1/s1. The Bertz CT molecular complexity index is 3020. The van der Waals surface area contributed by atoms with Crippen LogP contribution in [0.5, 0.6) is 11.5 Å². The van der Waals surface area contributed by atoms with Gasteiger partial charge in [-0.15, -0.1) is 11.3 Å². The Balaban J connectivity index is 0.903. The summed E-state index contributed by atoms with van der Waals surface area (Å²) in [6, 6.07) is 14.0. The lowest BCUT2D eigenvalue weighted by Crippen LogP contribution is -2.60. The topological polar surface area (TPSA) is 203 Å². The molecule has 76 heavy (non-hydrogen) atoms. The van der Waals surface area contributed by atoms with Crippen molar-refractivity contribution in [3.05, 3.63) is 106 Å². The van der Waals surface area contributed by atoms with Crippen molar-refractivity contribution in [2.75, 3.05) is 43.3 Å². The maximum atomic E-state index is 16.0. The smallest absolute Gasteiger partial charge is 0.417 e. The van der Waals surface area contributed by atoms with Crippen molar-refractivity contribution in [2.45, 2.75) is 103 Å². The summed E-state index contributed by atoms with van der Waals surface area (Å²) < 4.78 is 91.4. The molecule has 2 saturated heterocycles. The number of likely N-dealkylation sites (tertiary alicyclic amines) is 1. The van der Waals surface area contributed by atoms with Crippen molar-refractivity contribution in [2.24, 2.45) is 5.41 Å². The van der Waals surface area contributed by atoms with Crippen LogP contribution in [-0.2, 0) is 31.8 Å². The Hall–Kier alpha value is -6.68. The highest BCUT2D eigenvalue weighted by molar-refractivity contribution is 7.81. The Morgan fingerprint density at radius 2 is 1.75 bits per heavy atom. The van der Waals surface area contributed by atoms with E-state index in [-0.39, 0.29) is 73.0 Å². The van der Waals surface area contributed by atoms with Gasteiger partial charge in [0.1, 0.15) is 35.9 Å². The predicted molar refractivity (Wildman–Crippen MR) is 277 cm³/mol. The van der Waals surface area contributed by atoms with E-state index in [0.29, 0.717) is 12.8 Å². The van der Waals surface area contributed by atoms with Crippen molar-refractivity contribution in [1.29, 1.82) is 5.26 Å². The first kappa shape index (κ1) is 57.0. The Morgan fingerprint density at radius 1 is 1.04 bits per heavy atom. The van der Waals surface area contributed by atoms with Gasteiger partial charge in [0.15, 0.2) is 22.5 Å². The summed E-state index contributed by atoms with van der Waals surface area (Å²) in [4.78, 5) is 53.3. The van der Waals surface area contributed by atoms with Crippen LogP contribution < -0.4 is 29.9 Å². The minimum absolute atomic E-state index is 0.000869. The number of pyridine rings is 1. The van der Waals surface area contributed by atoms with E-state index in [9.17, 15) is 43.0 Å². The monoisotopic (exact) mass is 1090 g/mol. The van der Waals surface area contributed by atoms with Crippen molar-refractivity contribution in [1.82, 2.24) is 25.5 Å². The molecule has 0 bridgehead atoms. The van der Waals surface area contributed by atoms with Gasteiger partial charge in [-0.1, -0.05) is 45.0 Å². The number of thiazole rings is 1. The number of unbranched alkanes of at least 4 members (excludes halogenated alkanes) is 1. The molecular weight excluding hydrogens is 1040 g/mol. The van der Waals surface area contributed by atoms with E-state index in [1.165, 1.54) is 41.8 Å². The number of rotatable bonds is 19. The first-order valence-electron chi connectivity index (χ1n) is 24.1. The number of halogens is 5. The summed E-state index contributed by atoms with van der Waals surface area (Å²) in [6.45, 7) is 10.1. The third kappa shape index (κ3) is 12.3. The number of methoxy groups -OCH3 is 1. The highest BCUT2D eigenvalue weighted by atomic mass is 32.1. The van der Waals surface area contributed by atoms with Gasteiger partial charge in [-0.05, 0) is 99.1 Å². The van der Waals surface area contributed by atoms with Gasteiger partial charge in [0, 0.05) is 31.3 Å². The lowest BCUT2D eigenvalue weighted by molar-refractivity contribution is -0.137. The molecule has 1 unspecified atom stereocenters. The largest absolute Gasteiger partial charge is 0.494 e. The van der Waals surface area contributed by atoms with Crippen LogP contribution in [0, 0.1) is 35.3 Å². The second-order valence-electron chi connectivity index (χ2n) is 19.9. The molecule has 2 aliphatic rings. The Morgan fingerprint density at radius 3 is 2.38 bits per heavy atom. The highest BCUT2D eigenvalue weighted by Gasteiger charge is 2.52. The van der Waals surface area contributed by atoms with Crippen LogP contribution in [0.1, 0.15) is 76.3 Å². The van der Waals surface area contributed by atoms with Crippen LogP contribution >= 0.6 is 23.6 Å². The molecule has 2 fully saturated rings. The number of ether oxygens (including phenoxy) is 3. The number of amides is 3. The first-order valence-corrected chi connectivity index (χ1v) is 25.4. The van der Waals surface area contributed by atoms with Gasteiger partial charge in [-0.25, -0.2) is 13.8 Å². The maximum absolute atomic E-state index is 16.0. The maximum Gasteiger partial charge on any atom is 0.417 e. The molecule has 4 heterocycles. The molecule has 0 spiro atoms. The first-order chi connectivity index (χ1) is 35.9. The number of nitrogens with one attached hydrogen (secondary N) is 2. The molecule has 4 atom stereocenters. The molecule has 23 heteroatoms. The average molecular weight is 1090 g/mol. The molecule has 3 amide bonds. The van der Waals surface area contributed by atoms with Gasteiger partial charge in [0.2, 0.25) is 11.8 Å². The number of aliphatic hydroxyl groups excluding tert-OH is 2. The highest BCUT2D eigenvalue weighted by Crippen LogP contribution is 2.43. The van der Waals surface area contributed by atoms with Crippen molar-refractivity contribution >= 4 is 57.8 Å². The van der Waals surface area contributed by atoms with Crippen LogP contribution in [-0.4, -0.2) is 111 Å². The molecule has 2 aromatic heterocycles. The third-order valence-electron chi connectivity index (χ3n) is 13.1. The minimum atomic E-state index is -4.97. The number of aromatic nitrogens is 2. The quantitative estimate of drug-likeness (QED) is 0.0351. The Labute approximate surface area is 445 Å². The molecule has 0 saturated carbocycles. The summed E-state index contributed by atoms with van der Waals surface area (Å²) in [5, 5.41) is 37.1. The number of nitrogens with zero attached hydrogens (tertiary/aromatic N) is 6. The molecule has 0 radical (unpaired) electrons. The van der Waals surface area contributed by atoms with Crippen molar-refractivity contribution in [3.63, 3.8) is 0 Å². The van der Waals surface area contributed by atoms with Crippen LogP contribution in [0.15, 0.2) is 72.4 Å². The SMILES string of the molecule is COc1c(C#N)ccc(N2C(=O)C(C)(C)N(c3cnc(-c4ccc(OCCCCOCC(=O)N[C@H](C(O)N5C[C@H](O)C[C@H]5C(=O)NCc5ccc(-c6scnc6C)cc5)C(C)(C)C)cc4C(F)(F)F)c(F)c3)C2=S)c1F. The van der Waals surface area contributed by atoms with E-state index < -0.39 is 87.6 Å². The van der Waals surface area contributed by atoms with E-state index >= 15 is 8.78 Å². The van der Waals surface area contributed by atoms with E-state index in [0.717, 1.165) is 58.1 Å². The van der Waals surface area contributed by atoms with Gasteiger partial charge in [0.05, 0.1) is 76.7 Å². The predicted octanol–water partition coefficient (Wildman–Crippen LogP) is 8.05. The van der Waals surface area contributed by atoms with Gasteiger partial charge in [0.25, 0.3) is 5.91 Å². The number of carbonyl (C=O) groups is 3.